The molecule has 62 valence electrons. The molecule has 1 aromatic heterocycles. The Hall–Kier alpha value is -2.15. The third-order valence-corrected chi connectivity index (χ3v) is 1.88. The largest absolute Gasteiger partial charge is 0.448 e. The fourth-order valence-corrected chi connectivity index (χ4v) is 1.23. The molecule has 0 aliphatic rings. The van der Waals surface area contributed by atoms with Crippen molar-refractivity contribution in [1.82, 2.24) is 4.98 Å². The first kappa shape index (κ1) is 7.50. The van der Waals surface area contributed by atoms with Crippen LogP contribution in [0.4, 0.5) is 5.69 Å². The molecule has 0 aliphatic carbocycles. The van der Waals surface area contributed by atoms with Gasteiger partial charge in [0.2, 0.25) is 5.39 Å². The van der Waals surface area contributed by atoms with Crippen LogP contribution in [0.5, 0.6) is 0 Å². The van der Waals surface area contributed by atoms with Crippen LogP contribution in [0.25, 0.3) is 15.9 Å². The molecule has 2 aromatic rings. The van der Waals surface area contributed by atoms with Gasteiger partial charge in [-0.2, -0.15) is 0 Å². The van der Waals surface area contributed by atoms with Gasteiger partial charge in [-0.15, -0.1) is 0 Å². The van der Waals surface area contributed by atoms with Crippen molar-refractivity contribution in [1.29, 1.82) is 5.39 Å². The zero-order chi connectivity index (χ0) is 9.26. The van der Waals surface area contributed by atoms with Crippen LogP contribution < -0.4 is 5.43 Å². The number of aromatic amines is 1. The van der Waals surface area contributed by atoms with Crippen LogP contribution in [0, 0.1) is 5.39 Å². The van der Waals surface area contributed by atoms with E-state index in [1.165, 1.54) is 6.20 Å². The fourth-order valence-electron chi connectivity index (χ4n) is 1.23. The second kappa shape index (κ2) is 2.72. The van der Waals surface area contributed by atoms with E-state index in [4.69, 9.17) is 5.39 Å². The van der Waals surface area contributed by atoms with Gasteiger partial charge in [-0.1, -0.05) is 12.1 Å². The summed E-state index contributed by atoms with van der Waals surface area (Å²) < 4.78 is 0. The molecular formula is C9H6N3O+. The van der Waals surface area contributed by atoms with Crippen molar-refractivity contribution in [2.45, 2.75) is 0 Å². The summed E-state index contributed by atoms with van der Waals surface area (Å²) in [5, 5.41) is 9.01. The van der Waals surface area contributed by atoms with Crippen LogP contribution in [0.1, 0.15) is 0 Å². The minimum atomic E-state index is -0.267. The molecule has 0 unspecified atom stereocenters. The highest BCUT2D eigenvalue weighted by Gasteiger charge is 2.13. The van der Waals surface area contributed by atoms with E-state index in [0.29, 0.717) is 5.39 Å². The van der Waals surface area contributed by atoms with Gasteiger partial charge >= 0.3 is 5.69 Å². The lowest BCUT2D eigenvalue weighted by Gasteiger charge is -1.91. The molecule has 13 heavy (non-hydrogen) atoms. The van der Waals surface area contributed by atoms with Crippen molar-refractivity contribution in [3.05, 3.63) is 45.7 Å². The minimum Gasteiger partial charge on any atom is -0.354 e. The van der Waals surface area contributed by atoms with Gasteiger partial charge in [0.05, 0.1) is 5.39 Å². The monoisotopic (exact) mass is 172 g/mol. The number of hydrogen-bond donors (Lipinski definition) is 1. The maximum Gasteiger partial charge on any atom is 0.448 e. The minimum absolute atomic E-state index is 0.0266. The average molecular weight is 172 g/mol. The van der Waals surface area contributed by atoms with Gasteiger partial charge in [-0.05, 0) is 12.1 Å². The van der Waals surface area contributed by atoms with E-state index >= 15 is 0 Å². The van der Waals surface area contributed by atoms with Crippen molar-refractivity contribution in [3.63, 3.8) is 0 Å². The third-order valence-electron chi connectivity index (χ3n) is 1.88. The van der Waals surface area contributed by atoms with Crippen LogP contribution >= 0.6 is 0 Å². The van der Waals surface area contributed by atoms with E-state index in [1.807, 2.05) is 6.07 Å². The number of pyridine rings is 1. The Morgan fingerprint density at radius 3 is 2.85 bits per heavy atom. The number of nitrogens with zero attached hydrogens (tertiary/aromatic N) is 2. The first-order valence-electron chi connectivity index (χ1n) is 3.78. The number of para-hydroxylation sites is 1. The Kier molecular flexibility index (Phi) is 1.57. The Labute approximate surface area is 73.5 Å². The second-order valence-electron chi connectivity index (χ2n) is 2.65. The Balaban J connectivity index is 2.98. The van der Waals surface area contributed by atoms with Gasteiger partial charge in [-0.25, -0.2) is 0 Å². The summed E-state index contributed by atoms with van der Waals surface area (Å²) in [5.74, 6) is 0. The molecule has 0 spiro atoms. The molecule has 4 heteroatoms. The Morgan fingerprint density at radius 2 is 2.08 bits per heavy atom. The number of hydrogen-bond acceptors (Lipinski definition) is 2. The third kappa shape index (κ3) is 1.07. The molecule has 1 N–H and O–H groups in total. The normalized spacial score (nSPS) is 9.77. The van der Waals surface area contributed by atoms with E-state index < -0.39 is 0 Å². The van der Waals surface area contributed by atoms with Gasteiger partial charge in [0.25, 0.3) is 5.43 Å². The summed E-state index contributed by atoms with van der Waals surface area (Å²) in [6.07, 6.45) is 1.38. The van der Waals surface area contributed by atoms with Crippen LogP contribution in [-0.4, -0.2) is 4.98 Å². The first-order valence-corrected chi connectivity index (χ1v) is 3.78. The second-order valence-corrected chi connectivity index (χ2v) is 2.65. The number of aromatic nitrogens is 1. The lowest BCUT2D eigenvalue weighted by Crippen LogP contribution is -2.00. The van der Waals surface area contributed by atoms with E-state index in [1.54, 1.807) is 18.2 Å². The highest BCUT2D eigenvalue weighted by atomic mass is 16.1. The zero-order valence-electron chi connectivity index (χ0n) is 6.69. The van der Waals surface area contributed by atoms with Crippen LogP contribution in [-0.2, 0) is 0 Å². The van der Waals surface area contributed by atoms with E-state index in [-0.39, 0.29) is 11.1 Å². The lowest BCUT2D eigenvalue weighted by molar-refractivity contribution is 1.37. The number of benzene rings is 1. The lowest BCUT2D eigenvalue weighted by atomic mass is 10.2. The first-order chi connectivity index (χ1) is 6.33. The predicted molar refractivity (Wildman–Crippen MR) is 49.3 cm³/mol. The van der Waals surface area contributed by atoms with Crippen molar-refractivity contribution >= 4 is 16.6 Å². The molecule has 0 bridgehead atoms. The molecule has 2 rings (SSSR count). The van der Waals surface area contributed by atoms with Gasteiger partial charge in [-0.3, -0.25) is 4.79 Å². The topological polar surface area (TPSA) is 61.0 Å². The summed E-state index contributed by atoms with van der Waals surface area (Å²) >= 11 is 0. The molecule has 1 heterocycles. The van der Waals surface area contributed by atoms with E-state index in [2.05, 4.69) is 9.96 Å². The quantitative estimate of drug-likeness (QED) is 0.618. The Bertz CT molecular complexity index is 551. The number of rotatable bonds is 0. The van der Waals surface area contributed by atoms with Crippen LogP contribution in [0.2, 0.25) is 0 Å². The summed E-state index contributed by atoms with van der Waals surface area (Å²) in [7, 11) is 0. The zero-order valence-corrected chi connectivity index (χ0v) is 6.69. The van der Waals surface area contributed by atoms with Crippen molar-refractivity contribution in [2.24, 2.45) is 0 Å². The Morgan fingerprint density at radius 1 is 1.31 bits per heavy atom. The molecule has 0 fully saturated rings. The van der Waals surface area contributed by atoms with Gasteiger partial charge < -0.3 is 4.98 Å². The van der Waals surface area contributed by atoms with E-state index in [0.717, 1.165) is 5.52 Å². The number of H-pyrrole nitrogens is 1. The molecule has 4 nitrogen and oxygen atoms in total. The van der Waals surface area contributed by atoms with Crippen molar-refractivity contribution in [2.75, 3.05) is 0 Å². The standard InChI is InChI=1S/C9H5N3O/c10-12-8-5-11-7-4-2-1-3-6(7)9(8)13/h1-5H/p+1. The summed E-state index contributed by atoms with van der Waals surface area (Å²) in [6, 6.07) is 7.06. The number of nitrogens with one attached hydrogen (secondary N) is 1. The number of diazo groups is 1. The van der Waals surface area contributed by atoms with Crippen LogP contribution in [0.3, 0.4) is 0 Å². The summed E-state index contributed by atoms with van der Waals surface area (Å²) in [6.45, 7) is 0. The van der Waals surface area contributed by atoms with Crippen molar-refractivity contribution < 1.29 is 0 Å². The molecule has 0 amide bonds. The fraction of sp³-hybridized carbons (Fsp3) is 0. The molecular weight excluding hydrogens is 166 g/mol. The maximum absolute atomic E-state index is 11.5. The maximum atomic E-state index is 11.5. The highest BCUT2D eigenvalue weighted by molar-refractivity contribution is 5.81. The predicted octanol–water partition coefficient (Wildman–Crippen LogP) is 2.01. The van der Waals surface area contributed by atoms with Gasteiger partial charge in [0.1, 0.15) is 6.20 Å². The van der Waals surface area contributed by atoms with Gasteiger partial charge in [0.15, 0.2) is 4.98 Å². The molecule has 0 atom stereocenters. The molecule has 0 radical (unpaired) electrons. The van der Waals surface area contributed by atoms with E-state index in [9.17, 15) is 4.79 Å². The van der Waals surface area contributed by atoms with Crippen LogP contribution in [0.15, 0.2) is 35.3 Å². The summed E-state index contributed by atoms with van der Waals surface area (Å²) in [5.41, 5.74) is 0.496. The van der Waals surface area contributed by atoms with Crippen molar-refractivity contribution in [3.8, 4) is 0 Å². The molecule has 0 saturated heterocycles. The molecule has 0 saturated carbocycles. The SMILES string of the molecule is N#[N+]c1c[nH]c2ccccc2c1=O. The molecule has 0 aliphatic heterocycles. The smallest absolute Gasteiger partial charge is 0.354 e. The van der Waals surface area contributed by atoms with Gasteiger partial charge in [0, 0.05) is 5.52 Å². The summed E-state index contributed by atoms with van der Waals surface area (Å²) in [4.78, 5) is 17.2. The highest BCUT2D eigenvalue weighted by Crippen LogP contribution is 2.10. The molecule has 1 aromatic carbocycles. The number of fused-ring (bicyclic) bond motifs is 1. The average Bonchev–Trinajstić information content (AvgIpc) is 2.19.